The first kappa shape index (κ1) is 13.8. The van der Waals surface area contributed by atoms with E-state index < -0.39 is 12.6 Å². The molecule has 0 saturated heterocycles. The Balaban J connectivity index is 2.54. The molecule has 0 bridgehead atoms. The molecule has 1 saturated carbocycles. The van der Waals surface area contributed by atoms with E-state index in [9.17, 15) is 13.2 Å². The van der Waals surface area contributed by atoms with Crippen LogP contribution in [0.4, 0.5) is 13.2 Å². The maximum Gasteiger partial charge on any atom is 0.390 e. The van der Waals surface area contributed by atoms with Crippen LogP contribution >= 0.6 is 0 Å². The van der Waals surface area contributed by atoms with Crippen molar-refractivity contribution in [2.24, 2.45) is 11.8 Å². The van der Waals surface area contributed by atoms with Gasteiger partial charge in [0.1, 0.15) is 0 Å². The van der Waals surface area contributed by atoms with Gasteiger partial charge in [-0.2, -0.15) is 13.2 Å². The zero-order valence-electron chi connectivity index (χ0n) is 10.1. The van der Waals surface area contributed by atoms with Gasteiger partial charge in [0, 0.05) is 6.04 Å². The molecule has 0 amide bonds. The molecular formula is C12H22F3N. The summed E-state index contributed by atoms with van der Waals surface area (Å²) in [6.07, 6.45) is -0.607. The van der Waals surface area contributed by atoms with E-state index in [1.165, 1.54) is 6.42 Å². The van der Waals surface area contributed by atoms with Gasteiger partial charge in [-0.15, -0.1) is 0 Å². The highest BCUT2D eigenvalue weighted by Crippen LogP contribution is 2.34. The summed E-state index contributed by atoms with van der Waals surface area (Å²) in [5, 5.41) is 3.01. The largest absolute Gasteiger partial charge is 0.390 e. The lowest BCUT2D eigenvalue weighted by Gasteiger charge is -2.34. The molecule has 1 aliphatic rings. The summed E-state index contributed by atoms with van der Waals surface area (Å²) in [4.78, 5) is 0. The van der Waals surface area contributed by atoms with Gasteiger partial charge >= 0.3 is 6.18 Å². The van der Waals surface area contributed by atoms with E-state index >= 15 is 0 Å². The SMILES string of the molecule is CCNC(CC(F)(F)F)C1CCCC(C)C1. The number of hydrogen-bond donors (Lipinski definition) is 1. The molecule has 4 heteroatoms. The quantitative estimate of drug-likeness (QED) is 0.785. The third kappa shape index (κ3) is 4.73. The van der Waals surface area contributed by atoms with Crippen molar-refractivity contribution in [2.45, 2.75) is 58.2 Å². The summed E-state index contributed by atoms with van der Waals surface area (Å²) in [7, 11) is 0. The van der Waals surface area contributed by atoms with Crippen molar-refractivity contribution in [1.29, 1.82) is 0 Å². The van der Waals surface area contributed by atoms with Crippen LogP contribution in [0.3, 0.4) is 0 Å². The molecule has 1 rings (SSSR count). The number of rotatable bonds is 4. The van der Waals surface area contributed by atoms with Crippen LogP contribution in [0.2, 0.25) is 0 Å². The maximum atomic E-state index is 12.4. The van der Waals surface area contributed by atoms with Gasteiger partial charge in [-0.3, -0.25) is 0 Å². The Hall–Kier alpha value is -0.250. The van der Waals surface area contributed by atoms with Crippen molar-refractivity contribution in [3.63, 3.8) is 0 Å². The number of alkyl halides is 3. The Labute approximate surface area is 95.8 Å². The fourth-order valence-corrected chi connectivity index (χ4v) is 2.76. The van der Waals surface area contributed by atoms with Gasteiger partial charge in [0.05, 0.1) is 6.42 Å². The average molecular weight is 237 g/mol. The van der Waals surface area contributed by atoms with Crippen molar-refractivity contribution >= 4 is 0 Å². The van der Waals surface area contributed by atoms with Crippen LogP contribution in [0.5, 0.6) is 0 Å². The van der Waals surface area contributed by atoms with E-state index in [1.54, 1.807) is 0 Å². The topological polar surface area (TPSA) is 12.0 Å². The van der Waals surface area contributed by atoms with E-state index in [4.69, 9.17) is 0 Å². The Morgan fingerprint density at radius 3 is 2.50 bits per heavy atom. The first-order valence-electron chi connectivity index (χ1n) is 6.22. The summed E-state index contributed by atoms with van der Waals surface area (Å²) in [5.41, 5.74) is 0. The lowest BCUT2D eigenvalue weighted by molar-refractivity contribution is -0.144. The molecule has 1 nitrogen and oxygen atoms in total. The summed E-state index contributed by atoms with van der Waals surface area (Å²) in [6.45, 7) is 4.63. The highest BCUT2D eigenvalue weighted by molar-refractivity contribution is 4.83. The molecule has 16 heavy (non-hydrogen) atoms. The van der Waals surface area contributed by atoms with Gasteiger partial charge in [-0.05, 0) is 31.2 Å². The average Bonchev–Trinajstić information content (AvgIpc) is 2.15. The van der Waals surface area contributed by atoms with Crippen molar-refractivity contribution < 1.29 is 13.2 Å². The first-order chi connectivity index (χ1) is 7.42. The summed E-state index contributed by atoms with van der Waals surface area (Å²) in [5.74, 6) is 0.776. The fraction of sp³-hybridized carbons (Fsp3) is 1.00. The molecule has 3 atom stereocenters. The Kier molecular flexibility index (Phi) is 5.09. The molecule has 96 valence electrons. The molecule has 0 aromatic rings. The van der Waals surface area contributed by atoms with Crippen LogP contribution in [0.25, 0.3) is 0 Å². The maximum absolute atomic E-state index is 12.4. The summed E-state index contributed by atoms with van der Waals surface area (Å²) < 4.78 is 37.3. The molecule has 0 spiro atoms. The second kappa shape index (κ2) is 5.89. The highest BCUT2D eigenvalue weighted by atomic mass is 19.4. The fourth-order valence-electron chi connectivity index (χ4n) is 2.76. The molecule has 1 aliphatic carbocycles. The van der Waals surface area contributed by atoms with E-state index in [2.05, 4.69) is 12.2 Å². The number of halogens is 3. The lowest BCUT2D eigenvalue weighted by atomic mass is 9.77. The predicted molar refractivity (Wildman–Crippen MR) is 59.3 cm³/mol. The Morgan fingerprint density at radius 1 is 1.31 bits per heavy atom. The Bertz CT molecular complexity index is 203. The zero-order chi connectivity index (χ0) is 12.2. The van der Waals surface area contributed by atoms with Crippen molar-refractivity contribution in [2.75, 3.05) is 6.54 Å². The first-order valence-corrected chi connectivity index (χ1v) is 6.22. The Morgan fingerprint density at radius 2 is 2.00 bits per heavy atom. The van der Waals surface area contributed by atoms with E-state index in [0.29, 0.717) is 12.5 Å². The third-order valence-corrected chi connectivity index (χ3v) is 3.46. The minimum atomic E-state index is -4.05. The van der Waals surface area contributed by atoms with E-state index in [-0.39, 0.29) is 12.0 Å². The molecule has 0 aromatic carbocycles. The van der Waals surface area contributed by atoms with Crippen molar-refractivity contribution in [1.82, 2.24) is 5.32 Å². The van der Waals surface area contributed by atoms with Crippen LogP contribution in [0.1, 0.15) is 46.0 Å². The normalized spacial score (nSPS) is 29.1. The summed E-state index contributed by atoms with van der Waals surface area (Å²) >= 11 is 0. The van der Waals surface area contributed by atoms with Gasteiger partial charge in [0.15, 0.2) is 0 Å². The predicted octanol–water partition coefficient (Wildman–Crippen LogP) is 3.74. The standard InChI is InChI=1S/C12H22F3N/c1-3-16-11(8-12(13,14)15)10-6-4-5-9(2)7-10/h9-11,16H,3-8H2,1-2H3. The second-order valence-electron chi connectivity index (χ2n) is 5.02. The van der Waals surface area contributed by atoms with E-state index in [0.717, 1.165) is 19.3 Å². The molecule has 1 N–H and O–H groups in total. The summed E-state index contributed by atoms with van der Waals surface area (Å²) in [6, 6.07) is -0.382. The zero-order valence-corrected chi connectivity index (χ0v) is 10.1. The molecule has 0 heterocycles. The highest BCUT2D eigenvalue weighted by Gasteiger charge is 2.36. The molecule has 0 radical (unpaired) electrons. The second-order valence-corrected chi connectivity index (χ2v) is 5.02. The van der Waals surface area contributed by atoms with Crippen molar-refractivity contribution in [3.8, 4) is 0 Å². The molecule has 3 unspecified atom stereocenters. The van der Waals surface area contributed by atoms with Crippen LogP contribution in [-0.2, 0) is 0 Å². The molecule has 1 fully saturated rings. The third-order valence-electron chi connectivity index (χ3n) is 3.46. The van der Waals surface area contributed by atoms with Crippen LogP contribution in [0.15, 0.2) is 0 Å². The molecule has 0 aromatic heterocycles. The number of nitrogens with one attached hydrogen (secondary N) is 1. The van der Waals surface area contributed by atoms with Gasteiger partial charge in [0.2, 0.25) is 0 Å². The van der Waals surface area contributed by atoms with Crippen LogP contribution in [0, 0.1) is 11.8 Å². The minimum absolute atomic E-state index is 0.199. The lowest BCUT2D eigenvalue weighted by Crippen LogP contribution is -2.41. The van der Waals surface area contributed by atoms with Gasteiger partial charge < -0.3 is 5.32 Å². The number of hydrogen-bond acceptors (Lipinski definition) is 1. The molecule has 0 aliphatic heterocycles. The molecular weight excluding hydrogens is 215 g/mol. The van der Waals surface area contributed by atoms with Crippen LogP contribution < -0.4 is 5.32 Å². The smallest absolute Gasteiger partial charge is 0.314 e. The minimum Gasteiger partial charge on any atom is -0.314 e. The van der Waals surface area contributed by atoms with Crippen LogP contribution in [-0.4, -0.2) is 18.8 Å². The van der Waals surface area contributed by atoms with Gasteiger partial charge in [0.25, 0.3) is 0 Å². The van der Waals surface area contributed by atoms with E-state index in [1.807, 2.05) is 6.92 Å². The monoisotopic (exact) mass is 237 g/mol. The van der Waals surface area contributed by atoms with Gasteiger partial charge in [-0.1, -0.05) is 26.7 Å². The van der Waals surface area contributed by atoms with Crippen molar-refractivity contribution in [3.05, 3.63) is 0 Å². The van der Waals surface area contributed by atoms with Gasteiger partial charge in [-0.25, -0.2) is 0 Å².